The molecule has 0 spiro atoms. The molecule has 86 valence electrons. The van der Waals surface area contributed by atoms with Crippen molar-refractivity contribution in [1.29, 1.82) is 5.41 Å². The third kappa shape index (κ3) is 71.5. The summed E-state index contributed by atoms with van der Waals surface area (Å²) in [6.45, 7) is 2.06. The second kappa shape index (κ2) is 22.8. The Bertz CT molecular complexity index is 216. The number of nitrogens with zero attached hydrogens (tertiary/aromatic N) is 1. The predicted octanol–water partition coefficient (Wildman–Crippen LogP) is 1.50. The van der Waals surface area contributed by atoms with Gasteiger partial charge < -0.3 is 5.11 Å². The Kier molecular flexibility index (Phi) is 28.7. The lowest BCUT2D eigenvalue weighted by molar-refractivity contribution is -0.137. The Morgan fingerprint density at radius 3 is 2.00 bits per heavy atom. The summed E-state index contributed by atoms with van der Waals surface area (Å²) in [6, 6.07) is 0. The molecule has 15 heavy (non-hydrogen) atoms. The van der Waals surface area contributed by atoms with E-state index in [0.29, 0.717) is 6.42 Å². The molecule has 0 saturated heterocycles. The van der Waals surface area contributed by atoms with Crippen molar-refractivity contribution in [1.82, 2.24) is 0 Å². The van der Waals surface area contributed by atoms with Crippen LogP contribution in [0.5, 0.6) is 0 Å². The van der Waals surface area contributed by atoms with E-state index in [4.69, 9.17) is 20.1 Å². The Labute approximate surface area is 88.5 Å². The van der Waals surface area contributed by atoms with E-state index in [1.54, 1.807) is 0 Å². The van der Waals surface area contributed by atoms with Gasteiger partial charge in [-0.15, -0.1) is 0 Å². The summed E-state index contributed by atoms with van der Waals surface area (Å²) < 4.78 is 0. The SMILES string of the molecule is CCCCCC(=O)O.CN=C=O.N=C=O. The second-order valence-electron chi connectivity index (χ2n) is 2.27. The number of carboxylic acid groups (broad SMARTS) is 1. The molecular weight excluding hydrogens is 200 g/mol. The first-order valence-electron chi connectivity index (χ1n) is 4.32. The number of hydrogen-bond donors (Lipinski definition) is 2. The van der Waals surface area contributed by atoms with E-state index >= 15 is 0 Å². The van der Waals surface area contributed by atoms with Gasteiger partial charge in [-0.3, -0.25) is 4.79 Å². The minimum atomic E-state index is -0.682. The summed E-state index contributed by atoms with van der Waals surface area (Å²) in [6.07, 6.45) is 5.33. The van der Waals surface area contributed by atoms with Crippen LogP contribution in [0.2, 0.25) is 0 Å². The van der Waals surface area contributed by atoms with Crippen LogP contribution in [-0.4, -0.2) is 30.3 Å². The number of carbonyl (C=O) groups excluding carboxylic acids is 2. The largest absolute Gasteiger partial charge is 0.481 e. The van der Waals surface area contributed by atoms with Gasteiger partial charge in [0.05, 0.1) is 0 Å². The maximum atomic E-state index is 9.87. The Hall–Kier alpha value is -1.77. The highest BCUT2D eigenvalue weighted by Gasteiger charge is 1.92. The van der Waals surface area contributed by atoms with Crippen LogP contribution in [0.1, 0.15) is 32.6 Å². The lowest BCUT2D eigenvalue weighted by Gasteiger charge is -1.89. The quantitative estimate of drug-likeness (QED) is 0.421. The van der Waals surface area contributed by atoms with Gasteiger partial charge in [0, 0.05) is 13.5 Å². The van der Waals surface area contributed by atoms with E-state index in [9.17, 15) is 4.79 Å². The molecule has 0 amide bonds. The fraction of sp³-hybridized carbons (Fsp3) is 0.667. The number of aliphatic imine (C=N–C) groups is 1. The molecule has 0 fully saturated rings. The van der Waals surface area contributed by atoms with Crippen LogP contribution in [0.15, 0.2) is 4.99 Å². The zero-order valence-electron chi connectivity index (χ0n) is 8.95. The van der Waals surface area contributed by atoms with Crippen molar-refractivity contribution < 1.29 is 19.5 Å². The number of unbranched alkanes of at least 4 members (excludes halogenated alkanes) is 2. The smallest absolute Gasteiger partial charge is 0.303 e. The lowest BCUT2D eigenvalue weighted by Crippen LogP contribution is -1.92. The van der Waals surface area contributed by atoms with Crippen LogP contribution in [-0.2, 0) is 14.4 Å². The molecule has 0 heterocycles. The first-order chi connectivity index (χ1) is 7.10. The van der Waals surface area contributed by atoms with Gasteiger partial charge in [-0.1, -0.05) is 19.8 Å². The summed E-state index contributed by atoms with van der Waals surface area (Å²) in [7, 11) is 1.38. The van der Waals surface area contributed by atoms with Gasteiger partial charge in [0.25, 0.3) is 0 Å². The molecule has 0 bridgehead atoms. The van der Waals surface area contributed by atoms with Gasteiger partial charge in [0.15, 0.2) is 0 Å². The normalized spacial score (nSPS) is 6.53. The minimum Gasteiger partial charge on any atom is -0.481 e. The third-order valence-electron chi connectivity index (χ3n) is 1.09. The molecule has 0 aromatic carbocycles. The van der Waals surface area contributed by atoms with E-state index < -0.39 is 5.97 Å². The number of nitrogens with one attached hydrogen (secondary N) is 1. The fourth-order valence-electron chi connectivity index (χ4n) is 0.526. The highest BCUT2D eigenvalue weighted by Crippen LogP contribution is 1.97. The van der Waals surface area contributed by atoms with E-state index in [1.165, 1.54) is 13.1 Å². The molecule has 0 rings (SSSR count). The maximum Gasteiger partial charge on any atom is 0.303 e. The number of isocyanates is 2. The number of carbonyl (C=O) groups is 1. The van der Waals surface area contributed by atoms with E-state index in [1.807, 2.05) is 0 Å². The molecule has 0 aliphatic carbocycles. The van der Waals surface area contributed by atoms with Crippen molar-refractivity contribution in [3.63, 3.8) is 0 Å². The van der Waals surface area contributed by atoms with Crippen LogP contribution in [0.4, 0.5) is 0 Å². The second-order valence-corrected chi connectivity index (χ2v) is 2.27. The Morgan fingerprint density at radius 2 is 1.80 bits per heavy atom. The van der Waals surface area contributed by atoms with Crippen LogP contribution < -0.4 is 0 Å². The average Bonchev–Trinajstić information content (AvgIpc) is 2.19. The molecule has 2 N–H and O–H groups in total. The van der Waals surface area contributed by atoms with Crippen molar-refractivity contribution >= 4 is 18.1 Å². The first kappa shape index (κ1) is 18.9. The molecule has 0 radical (unpaired) electrons. The highest BCUT2D eigenvalue weighted by atomic mass is 16.4. The van der Waals surface area contributed by atoms with Crippen molar-refractivity contribution in [2.45, 2.75) is 32.6 Å². The zero-order valence-corrected chi connectivity index (χ0v) is 8.95. The van der Waals surface area contributed by atoms with Gasteiger partial charge in [-0.25, -0.2) is 20.0 Å². The summed E-state index contributed by atoms with van der Waals surface area (Å²) in [5.41, 5.74) is 0. The molecular formula is C9H16N2O4. The number of rotatable bonds is 4. The van der Waals surface area contributed by atoms with Gasteiger partial charge in [0.1, 0.15) is 0 Å². The number of aliphatic carboxylic acids is 1. The monoisotopic (exact) mass is 216 g/mol. The van der Waals surface area contributed by atoms with Gasteiger partial charge in [0.2, 0.25) is 12.2 Å². The Balaban J connectivity index is -0.000000173. The van der Waals surface area contributed by atoms with Crippen molar-refractivity contribution in [2.75, 3.05) is 7.05 Å². The minimum absolute atomic E-state index is 0.327. The van der Waals surface area contributed by atoms with Crippen molar-refractivity contribution in [2.24, 2.45) is 4.99 Å². The van der Waals surface area contributed by atoms with Crippen LogP contribution in [0, 0.1) is 5.41 Å². The molecule has 6 nitrogen and oxygen atoms in total. The van der Waals surface area contributed by atoms with Crippen molar-refractivity contribution in [3.8, 4) is 0 Å². The predicted molar refractivity (Wildman–Crippen MR) is 54.2 cm³/mol. The standard InChI is InChI=1S/C6H12O2.C2H3NO.CHNO/c1-2-3-4-5-6(7)8;1-3-2-4;2-1-3/h2-5H2,1H3,(H,7,8);1H3;2H. The molecule has 0 atom stereocenters. The van der Waals surface area contributed by atoms with Crippen LogP contribution in [0.3, 0.4) is 0 Å². The molecule has 0 aromatic heterocycles. The number of hydrogen-bond acceptors (Lipinski definition) is 5. The third-order valence-corrected chi connectivity index (χ3v) is 1.09. The maximum absolute atomic E-state index is 9.87. The lowest BCUT2D eigenvalue weighted by atomic mass is 10.2. The molecule has 0 unspecified atom stereocenters. The zero-order chi connectivity index (χ0) is 12.5. The molecule has 0 aliphatic rings. The summed E-state index contributed by atoms with van der Waals surface area (Å²) in [5.74, 6) is -0.682. The van der Waals surface area contributed by atoms with E-state index in [0.717, 1.165) is 25.3 Å². The molecule has 0 aliphatic heterocycles. The van der Waals surface area contributed by atoms with Gasteiger partial charge in [-0.2, -0.15) is 0 Å². The Morgan fingerprint density at radius 1 is 1.40 bits per heavy atom. The summed E-state index contributed by atoms with van der Waals surface area (Å²) >= 11 is 0. The van der Waals surface area contributed by atoms with E-state index in [-0.39, 0.29) is 0 Å². The molecule has 0 saturated carbocycles. The van der Waals surface area contributed by atoms with E-state index in [2.05, 4.69) is 11.9 Å². The van der Waals surface area contributed by atoms with Gasteiger partial charge >= 0.3 is 5.97 Å². The first-order valence-corrected chi connectivity index (χ1v) is 4.32. The highest BCUT2D eigenvalue weighted by molar-refractivity contribution is 5.66. The summed E-state index contributed by atoms with van der Waals surface area (Å²) in [5, 5.41) is 13.5. The average molecular weight is 216 g/mol. The van der Waals surface area contributed by atoms with Crippen LogP contribution in [0.25, 0.3) is 0 Å². The summed E-state index contributed by atoms with van der Waals surface area (Å²) in [4.78, 5) is 30.0. The van der Waals surface area contributed by atoms with Crippen LogP contribution >= 0.6 is 0 Å². The topological polar surface area (TPSA) is 108 Å². The van der Waals surface area contributed by atoms with Gasteiger partial charge in [-0.05, 0) is 6.42 Å². The molecule has 6 heteroatoms. The number of carboxylic acids is 1. The van der Waals surface area contributed by atoms with Crippen molar-refractivity contribution in [3.05, 3.63) is 0 Å². The fourth-order valence-corrected chi connectivity index (χ4v) is 0.526. The molecule has 0 aromatic rings.